The van der Waals surface area contributed by atoms with Gasteiger partial charge in [-0.1, -0.05) is 6.07 Å². The second-order valence-corrected chi connectivity index (χ2v) is 6.20. The highest BCUT2D eigenvalue weighted by molar-refractivity contribution is 5.97. The molecule has 4 aromatic heterocycles. The van der Waals surface area contributed by atoms with Crippen LogP contribution >= 0.6 is 0 Å². The smallest absolute Gasteiger partial charge is 0.270 e. The second kappa shape index (κ2) is 6.84. The highest BCUT2D eigenvalue weighted by atomic mass is 16.2. The molecule has 0 radical (unpaired) electrons. The van der Waals surface area contributed by atoms with E-state index < -0.39 is 0 Å². The zero-order valence-electron chi connectivity index (χ0n) is 14.4. The third-order valence-corrected chi connectivity index (χ3v) is 4.46. The maximum atomic E-state index is 12.7. The molecule has 0 fully saturated rings. The molecule has 0 aliphatic rings. The van der Waals surface area contributed by atoms with Gasteiger partial charge in [-0.2, -0.15) is 0 Å². The van der Waals surface area contributed by atoms with Crippen molar-refractivity contribution in [1.82, 2.24) is 24.8 Å². The highest BCUT2D eigenvalue weighted by Gasteiger charge is 2.15. The Labute approximate surface area is 153 Å². The number of nitrogens with one attached hydrogen (secondary N) is 2. The van der Waals surface area contributed by atoms with E-state index in [1.165, 1.54) is 0 Å². The first-order valence-corrected chi connectivity index (χ1v) is 8.48. The molecule has 4 heterocycles. The first-order valence-electron chi connectivity index (χ1n) is 8.48. The molecular formula is C20H23N5O. The molecule has 4 rings (SSSR count). The molecule has 0 unspecified atom stereocenters. The average Bonchev–Trinajstić information content (AvgIpc) is 3.35. The summed E-state index contributed by atoms with van der Waals surface area (Å²) in [4.78, 5) is 29.2. The number of nitrogens with zero attached hydrogens (tertiary/aromatic N) is 3. The summed E-state index contributed by atoms with van der Waals surface area (Å²) in [5, 5.41) is 1.04. The van der Waals surface area contributed by atoms with Crippen molar-refractivity contribution in [2.24, 2.45) is 0 Å². The van der Waals surface area contributed by atoms with E-state index in [0.29, 0.717) is 12.2 Å². The van der Waals surface area contributed by atoms with Crippen molar-refractivity contribution in [1.29, 1.82) is 0 Å². The molecule has 134 valence electrons. The van der Waals surface area contributed by atoms with Crippen LogP contribution in [0.3, 0.4) is 0 Å². The van der Waals surface area contributed by atoms with Gasteiger partial charge in [0.1, 0.15) is 11.3 Å². The van der Waals surface area contributed by atoms with Gasteiger partial charge in [0.05, 0.1) is 0 Å². The molecule has 6 nitrogen and oxygen atoms in total. The lowest BCUT2D eigenvalue weighted by Crippen LogP contribution is -2.29. The topological polar surface area (TPSA) is 77.7 Å². The zero-order chi connectivity index (χ0) is 17.9. The van der Waals surface area contributed by atoms with Crippen LogP contribution in [0.1, 0.15) is 19.0 Å². The summed E-state index contributed by atoms with van der Waals surface area (Å²) in [5.41, 5.74) is 4.40. The van der Waals surface area contributed by atoms with Crippen LogP contribution in [-0.2, 0) is 6.42 Å². The van der Waals surface area contributed by atoms with Crippen LogP contribution in [-0.4, -0.2) is 44.3 Å². The van der Waals surface area contributed by atoms with E-state index in [0.717, 1.165) is 34.3 Å². The zero-order valence-corrected chi connectivity index (χ0v) is 14.4. The summed E-state index contributed by atoms with van der Waals surface area (Å²) < 4.78 is 0. The van der Waals surface area contributed by atoms with Crippen LogP contribution in [0, 0.1) is 0 Å². The lowest BCUT2D eigenvalue weighted by Gasteiger charge is -2.15. The lowest BCUT2D eigenvalue weighted by atomic mass is 10.1. The van der Waals surface area contributed by atoms with E-state index in [1.54, 1.807) is 17.3 Å². The predicted octanol–water partition coefficient (Wildman–Crippen LogP) is 3.76. The molecule has 0 spiro atoms. The normalized spacial score (nSPS) is 11.0. The highest BCUT2D eigenvalue weighted by Crippen LogP contribution is 2.27. The van der Waals surface area contributed by atoms with Gasteiger partial charge in [-0.3, -0.25) is 9.78 Å². The number of aromatic nitrogens is 4. The fourth-order valence-electron chi connectivity index (χ4n) is 3.02. The minimum Gasteiger partial charge on any atom is -0.357 e. The van der Waals surface area contributed by atoms with Crippen LogP contribution in [0.25, 0.3) is 22.2 Å². The monoisotopic (exact) mass is 349 g/mol. The van der Waals surface area contributed by atoms with Gasteiger partial charge >= 0.3 is 0 Å². The van der Waals surface area contributed by atoms with Crippen LogP contribution in [0.4, 0.5) is 0 Å². The fourth-order valence-corrected chi connectivity index (χ4v) is 3.02. The molecule has 0 atom stereocenters. The molecule has 26 heavy (non-hydrogen) atoms. The molecule has 0 saturated carbocycles. The maximum absolute atomic E-state index is 12.7. The van der Waals surface area contributed by atoms with Crippen molar-refractivity contribution in [3.8, 4) is 11.1 Å². The van der Waals surface area contributed by atoms with E-state index >= 15 is 0 Å². The Kier molecular flexibility index (Phi) is 4.23. The molecule has 0 aliphatic heterocycles. The number of hydrogen-bond acceptors (Lipinski definition) is 3. The van der Waals surface area contributed by atoms with Crippen LogP contribution in [0.2, 0.25) is 0 Å². The third-order valence-electron chi connectivity index (χ3n) is 4.46. The van der Waals surface area contributed by atoms with Crippen molar-refractivity contribution < 1.29 is 7.65 Å². The van der Waals surface area contributed by atoms with Crippen molar-refractivity contribution >= 4 is 16.9 Å². The number of hydrogen-bond donors (Lipinski definition) is 2. The standard InChI is InChI=1S/C20H19N5O.2H2/c1-25(11-7-15-4-2-3-8-21-15)20(26)18-12-14(13-24-18)16-5-9-22-19-17(16)6-10-23-19;;/h2-6,8-10,12-13,24H,7,11H2,1H3,(H,22,23);2*1H. The molecule has 6 heteroatoms. The van der Waals surface area contributed by atoms with Crippen molar-refractivity contribution in [3.05, 3.63) is 72.6 Å². The van der Waals surface area contributed by atoms with Crippen molar-refractivity contribution in [2.45, 2.75) is 6.42 Å². The van der Waals surface area contributed by atoms with Crippen molar-refractivity contribution in [3.63, 3.8) is 0 Å². The fraction of sp³-hybridized carbons (Fsp3) is 0.150. The quantitative estimate of drug-likeness (QED) is 0.576. The second-order valence-electron chi connectivity index (χ2n) is 6.20. The van der Waals surface area contributed by atoms with Crippen LogP contribution in [0.5, 0.6) is 0 Å². The van der Waals surface area contributed by atoms with E-state index in [2.05, 4.69) is 19.9 Å². The Bertz CT molecular complexity index is 1040. The number of likely N-dealkylation sites (N-methyl/N-ethyl adjacent to an activating group) is 1. The van der Waals surface area contributed by atoms with E-state index in [4.69, 9.17) is 0 Å². The summed E-state index contributed by atoms with van der Waals surface area (Å²) >= 11 is 0. The maximum Gasteiger partial charge on any atom is 0.270 e. The van der Waals surface area contributed by atoms with E-state index in [-0.39, 0.29) is 8.76 Å². The van der Waals surface area contributed by atoms with Crippen LogP contribution < -0.4 is 0 Å². The van der Waals surface area contributed by atoms with Gasteiger partial charge < -0.3 is 14.9 Å². The third kappa shape index (κ3) is 3.09. The molecule has 0 saturated heterocycles. The summed E-state index contributed by atoms with van der Waals surface area (Å²) in [7, 11) is 1.81. The summed E-state index contributed by atoms with van der Waals surface area (Å²) in [5.74, 6) is -0.0356. The lowest BCUT2D eigenvalue weighted by molar-refractivity contribution is 0.0791. The summed E-state index contributed by atoms with van der Waals surface area (Å²) in [6.45, 7) is 0.613. The van der Waals surface area contributed by atoms with Crippen LogP contribution in [0.15, 0.2) is 61.2 Å². The van der Waals surface area contributed by atoms with Crippen molar-refractivity contribution in [2.75, 3.05) is 13.6 Å². The Hall–Kier alpha value is -3.41. The molecule has 2 N–H and O–H groups in total. The van der Waals surface area contributed by atoms with Gasteiger partial charge in [-0.05, 0) is 35.9 Å². The number of carbonyl (C=O) groups is 1. The Balaban J connectivity index is 0.00000140. The first kappa shape index (κ1) is 16.1. The number of rotatable bonds is 5. The SMILES string of the molecule is CN(CCc1ccccn1)C(=O)c1cc(-c2ccnc3[nH]ccc23)c[nH]1.[HH].[HH]. The molecule has 1 amide bonds. The molecule has 0 aromatic carbocycles. The number of pyridine rings is 2. The summed E-state index contributed by atoms with van der Waals surface area (Å²) in [6, 6.07) is 11.7. The van der Waals surface area contributed by atoms with Gasteiger partial charge in [0.15, 0.2) is 0 Å². The first-order chi connectivity index (χ1) is 12.7. The Morgan fingerprint density at radius 1 is 1.15 bits per heavy atom. The largest absolute Gasteiger partial charge is 0.357 e. The van der Waals surface area contributed by atoms with Gasteiger partial charge in [0.25, 0.3) is 5.91 Å². The molecule has 4 aromatic rings. The van der Waals surface area contributed by atoms with Gasteiger partial charge in [-0.25, -0.2) is 4.98 Å². The number of amides is 1. The van der Waals surface area contributed by atoms with Gasteiger partial charge in [0.2, 0.25) is 0 Å². The minimum absolute atomic E-state index is 0. The van der Waals surface area contributed by atoms with Gasteiger partial charge in [-0.15, -0.1) is 0 Å². The molecule has 0 aliphatic carbocycles. The predicted molar refractivity (Wildman–Crippen MR) is 105 cm³/mol. The molecule has 0 bridgehead atoms. The molecular weight excluding hydrogens is 326 g/mol. The number of H-pyrrole nitrogens is 2. The van der Waals surface area contributed by atoms with E-state index in [1.807, 2.05) is 55.8 Å². The summed E-state index contributed by atoms with van der Waals surface area (Å²) in [6.07, 6.45) is 7.99. The van der Waals surface area contributed by atoms with E-state index in [9.17, 15) is 4.79 Å². The number of carbonyl (C=O) groups excluding carboxylic acids is 1. The Morgan fingerprint density at radius 3 is 2.92 bits per heavy atom. The average molecular weight is 349 g/mol. The number of aromatic amines is 2. The Morgan fingerprint density at radius 2 is 2.08 bits per heavy atom. The minimum atomic E-state index is -0.0356. The number of fused-ring (bicyclic) bond motifs is 1. The van der Waals surface area contributed by atoms with Gasteiger partial charge in [0, 0.05) is 64.3 Å².